The van der Waals surface area contributed by atoms with Gasteiger partial charge in [-0.1, -0.05) is 24.3 Å². The highest BCUT2D eigenvalue weighted by molar-refractivity contribution is 6.01. The van der Waals surface area contributed by atoms with E-state index in [4.69, 9.17) is 14.2 Å². The maximum atomic E-state index is 14.0. The van der Waals surface area contributed by atoms with Crippen LogP contribution in [-0.2, 0) is 16.1 Å². The molecule has 2 saturated heterocycles. The van der Waals surface area contributed by atoms with E-state index in [9.17, 15) is 14.0 Å². The smallest absolute Gasteiger partial charge is 0.326 e. The van der Waals surface area contributed by atoms with E-state index < -0.39 is 5.60 Å². The van der Waals surface area contributed by atoms with Gasteiger partial charge < -0.3 is 19.1 Å². The first-order valence-electron chi connectivity index (χ1n) is 12.8. The average Bonchev–Trinajstić information content (AvgIpc) is 3.04. The maximum Gasteiger partial charge on any atom is 0.326 e. The largest absolute Gasteiger partial charge is 0.494 e. The molecule has 2 aliphatic rings. The van der Waals surface area contributed by atoms with Crippen LogP contribution in [0.1, 0.15) is 31.2 Å². The Labute approximate surface area is 217 Å². The first kappa shape index (κ1) is 26.9. The maximum absolute atomic E-state index is 14.0. The third kappa shape index (κ3) is 6.99. The molecule has 2 aliphatic heterocycles. The molecule has 2 heterocycles. The molecule has 2 aromatic rings. The Morgan fingerprint density at radius 2 is 1.78 bits per heavy atom. The highest BCUT2D eigenvalue weighted by Gasteiger charge is 2.34. The van der Waals surface area contributed by atoms with Crippen molar-refractivity contribution >= 4 is 11.9 Å². The SMILES string of the molecule is CO[C@@]1(COc2ccccc2F)CCCN(Cc2ccc(OCCCN3C(=O)CN(C)C3=O)cc2)CC1. The summed E-state index contributed by atoms with van der Waals surface area (Å²) < 4.78 is 31.5. The minimum atomic E-state index is -0.436. The van der Waals surface area contributed by atoms with E-state index in [1.807, 2.05) is 12.1 Å². The number of urea groups is 1. The van der Waals surface area contributed by atoms with Gasteiger partial charge in [-0.05, 0) is 62.1 Å². The summed E-state index contributed by atoms with van der Waals surface area (Å²) in [5.74, 6) is 0.499. The van der Waals surface area contributed by atoms with Crippen molar-refractivity contribution in [2.24, 2.45) is 0 Å². The number of benzene rings is 2. The van der Waals surface area contributed by atoms with Crippen molar-refractivity contribution in [1.29, 1.82) is 0 Å². The highest BCUT2D eigenvalue weighted by atomic mass is 19.1. The fourth-order valence-corrected chi connectivity index (χ4v) is 4.81. The van der Waals surface area contributed by atoms with Gasteiger partial charge in [0.1, 0.15) is 24.5 Å². The molecular weight excluding hydrogens is 477 g/mol. The molecule has 0 bridgehead atoms. The monoisotopic (exact) mass is 513 g/mol. The number of nitrogens with zero attached hydrogens (tertiary/aromatic N) is 3. The van der Waals surface area contributed by atoms with Gasteiger partial charge in [0.15, 0.2) is 11.6 Å². The lowest BCUT2D eigenvalue weighted by Gasteiger charge is -2.31. The molecule has 0 radical (unpaired) electrons. The lowest BCUT2D eigenvalue weighted by atomic mass is 9.95. The summed E-state index contributed by atoms with van der Waals surface area (Å²) in [6.07, 6.45) is 3.21. The Morgan fingerprint density at radius 1 is 1.00 bits per heavy atom. The fraction of sp³-hybridized carbons (Fsp3) is 0.500. The van der Waals surface area contributed by atoms with Gasteiger partial charge in [0.2, 0.25) is 5.91 Å². The lowest BCUT2D eigenvalue weighted by molar-refractivity contribution is -0.125. The summed E-state index contributed by atoms with van der Waals surface area (Å²) in [5.41, 5.74) is 0.755. The van der Waals surface area contributed by atoms with Gasteiger partial charge in [-0.15, -0.1) is 0 Å². The van der Waals surface area contributed by atoms with Crippen LogP contribution in [0.25, 0.3) is 0 Å². The number of hydrogen-bond acceptors (Lipinski definition) is 6. The van der Waals surface area contributed by atoms with Crippen molar-refractivity contribution in [3.05, 3.63) is 59.9 Å². The van der Waals surface area contributed by atoms with E-state index in [-0.39, 0.29) is 30.0 Å². The second-order valence-corrected chi connectivity index (χ2v) is 9.77. The first-order chi connectivity index (χ1) is 17.9. The molecule has 2 fully saturated rings. The zero-order valence-corrected chi connectivity index (χ0v) is 21.7. The van der Waals surface area contributed by atoms with E-state index in [0.29, 0.717) is 26.2 Å². The number of halogens is 1. The summed E-state index contributed by atoms with van der Waals surface area (Å²) in [5, 5.41) is 0. The average molecular weight is 514 g/mol. The highest BCUT2D eigenvalue weighted by Crippen LogP contribution is 2.29. The molecule has 0 N–H and O–H groups in total. The number of ether oxygens (including phenoxy) is 3. The number of rotatable bonds is 11. The molecule has 3 amide bonds. The molecule has 8 nitrogen and oxygen atoms in total. The second-order valence-electron chi connectivity index (χ2n) is 9.77. The van der Waals surface area contributed by atoms with Crippen LogP contribution in [0.2, 0.25) is 0 Å². The zero-order valence-electron chi connectivity index (χ0n) is 21.7. The van der Waals surface area contributed by atoms with Gasteiger partial charge in [0, 0.05) is 33.8 Å². The Bertz CT molecular complexity index is 1070. The standard InChI is InChI=1S/C28H36FN3O5/c1-30-20-26(33)32(27(30)34)16-6-18-36-23-11-9-22(10-12-23)19-31-15-5-13-28(35-2,14-17-31)21-37-25-8-4-3-7-24(25)29/h3-4,7-12H,5-6,13-21H2,1-2H3/t28-/m0/s1. The number of likely N-dealkylation sites (N-methyl/N-ethyl adjacent to an activating group) is 1. The van der Waals surface area contributed by atoms with Crippen LogP contribution in [0.3, 0.4) is 0 Å². The van der Waals surface area contributed by atoms with Gasteiger partial charge in [0.05, 0.1) is 6.61 Å². The number of hydrogen-bond donors (Lipinski definition) is 0. The van der Waals surface area contributed by atoms with Gasteiger partial charge in [-0.2, -0.15) is 0 Å². The summed E-state index contributed by atoms with van der Waals surface area (Å²) >= 11 is 0. The predicted octanol–water partition coefficient (Wildman–Crippen LogP) is 3.94. The van der Waals surface area contributed by atoms with Crippen molar-refractivity contribution in [2.75, 3.05) is 53.6 Å². The van der Waals surface area contributed by atoms with Crippen LogP contribution < -0.4 is 9.47 Å². The molecule has 4 rings (SSSR count). The minimum Gasteiger partial charge on any atom is -0.494 e. The van der Waals surface area contributed by atoms with Crippen molar-refractivity contribution in [3.63, 3.8) is 0 Å². The van der Waals surface area contributed by atoms with Crippen molar-refractivity contribution in [3.8, 4) is 11.5 Å². The molecule has 1 atom stereocenters. The minimum absolute atomic E-state index is 0.145. The van der Waals surface area contributed by atoms with Crippen LogP contribution in [0, 0.1) is 5.82 Å². The molecule has 2 aromatic carbocycles. The normalized spacial score (nSPS) is 20.8. The van der Waals surface area contributed by atoms with Crippen molar-refractivity contribution in [2.45, 2.75) is 37.8 Å². The lowest BCUT2D eigenvalue weighted by Crippen LogP contribution is -2.39. The quantitative estimate of drug-likeness (QED) is 0.335. The Kier molecular flexibility index (Phi) is 9.00. The molecule has 0 spiro atoms. The Hall–Kier alpha value is -3.17. The number of carbonyl (C=O) groups excluding carboxylic acids is 2. The predicted molar refractivity (Wildman–Crippen MR) is 137 cm³/mol. The number of likely N-dealkylation sites (tertiary alicyclic amines) is 1. The van der Waals surface area contributed by atoms with Gasteiger partial charge in [-0.3, -0.25) is 14.6 Å². The van der Waals surface area contributed by atoms with Gasteiger partial charge in [-0.25, -0.2) is 9.18 Å². The number of carbonyl (C=O) groups is 2. The van der Waals surface area contributed by atoms with Gasteiger partial charge >= 0.3 is 6.03 Å². The topological polar surface area (TPSA) is 71.6 Å². The molecule has 0 unspecified atom stereocenters. The van der Waals surface area contributed by atoms with E-state index in [2.05, 4.69) is 17.0 Å². The molecular formula is C28H36FN3O5. The molecule has 0 saturated carbocycles. The Morgan fingerprint density at radius 3 is 2.49 bits per heavy atom. The van der Waals surface area contributed by atoms with E-state index in [1.165, 1.54) is 21.4 Å². The molecule has 37 heavy (non-hydrogen) atoms. The van der Waals surface area contributed by atoms with Gasteiger partial charge in [0.25, 0.3) is 0 Å². The molecule has 200 valence electrons. The summed E-state index contributed by atoms with van der Waals surface area (Å²) in [4.78, 5) is 28.8. The number of imide groups is 1. The van der Waals surface area contributed by atoms with Crippen LogP contribution in [0.15, 0.2) is 48.5 Å². The number of amides is 3. The van der Waals surface area contributed by atoms with Crippen molar-refractivity contribution < 1.29 is 28.2 Å². The molecule has 9 heteroatoms. The Balaban J connectivity index is 1.21. The third-order valence-corrected chi connectivity index (χ3v) is 7.11. The summed E-state index contributed by atoms with van der Waals surface area (Å²) in [7, 11) is 3.33. The fourth-order valence-electron chi connectivity index (χ4n) is 4.81. The molecule has 0 aromatic heterocycles. The van der Waals surface area contributed by atoms with E-state index in [1.54, 1.807) is 32.4 Å². The molecule has 0 aliphatic carbocycles. The third-order valence-electron chi connectivity index (χ3n) is 7.11. The van der Waals surface area contributed by atoms with Crippen LogP contribution in [-0.4, -0.2) is 85.8 Å². The second kappa shape index (κ2) is 12.4. The van der Waals surface area contributed by atoms with Crippen LogP contribution in [0.5, 0.6) is 11.5 Å². The number of methoxy groups -OCH3 is 1. The van der Waals surface area contributed by atoms with Crippen LogP contribution in [0.4, 0.5) is 9.18 Å². The van der Waals surface area contributed by atoms with E-state index in [0.717, 1.165) is 44.6 Å². The first-order valence-corrected chi connectivity index (χ1v) is 12.8. The van der Waals surface area contributed by atoms with Crippen molar-refractivity contribution in [1.82, 2.24) is 14.7 Å². The zero-order chi connectivity index (χ0) is 26.3. The summed E-state index contributed by atoms with van der Waals surface area (Å²) in [6, 6.07) is 14.2. The van der Waals surface area contributed by atoms with Crippen LogP contribution >= 0.6 is 0 Å². The number of para-hydroxylation sites is 1. The van der Waals surface area contributed by atoms with E-state index >= 15 is 0 Å². The summed E-state index contributed by atoms with van der Waals surface area (Å²) in [6.45, 7) is 3.89.